The maximum Gasteiger partial charge on any atom is 0.306 e. The lowest BCUT2D eigenvalue weighted by Crippen LogP contribution is -2.54. The second kappa shape index (κ2) is 11.6. The number of amides is 1. The molecule has 2 unspecified atom stereocenters. The Balaban J connectivity index is 1.23. The molecule has 2 bridgehead atoms. The summed E-state index contributed by atoms with van der Waals surface area (Å²) in [6.45, 7) is 4.92. The van der Waals surface area contributed by atoms with Crippen LogP contribution < -0.4 is 9.47 Å². The number of fused-ring (bicyclic) bond motifs is 7. The van der Waals surface area contributed by atoms with Crippen molar-refractivity contribution >= 4 is 29.2 Å². The number of aryl methyl sites for hydroxylation is 1. The average molecular weight is 606 g/mol. The quantitative estimate of drug-likeness (QED) is 0.376. The maximum atomic E-state index is 14.3. The number of nitrogens with zero attached hydrogens (tertiary/aromatic N) is 3. The van der Waals surface area contributed by atoms with E-state index in [1.54, 1.807) is 12.0 Å². The number of aromatic nitrogens is 2. The minimum Gasteiger partial charge on any atom is -0.497 e. The van der Waals surface area contributed by atoms with Crippen LogP contribution in [-0.2, 0) is 30.3 Å². The third-order valence-electron chi connectivity index (χ3n) is 11.1. The van der Waals surface area contributed by atoms with E-state index in [-0.39, 0.29) is 36.9 Å². The van der Waals surface area contributed by atoms with Crippen LogP contribution in [0.25, 0.3) is 11.0 Å². The van der Waals surface area contributed by atoms with E-state index in [0.717, 1.165) is 49.6 Å². The molecule has 2 saturated heterocycles. The highest BCUT2D eigenvalue weighted by Crippen LogP contribution is 2.58. The number of esters is 1. The van der Waals surface area contributed by atoms with Crippen molar-refractivity contribution in [2.75, 3.05) is 26.9 Å². The van der Waals surface area contributed by atoms with Crippen molar-refractivity contribution in [1.29, 1.82) is 0 Å². The van der Waals surface area contributed by atoms with Gasteiger partial charge in [-0.1, -0.05) is 26.7 Å². The van der Waals surface area contributed by atoms with Crippen LogP contribution >= 0.6 is 0 Å². The van der Waals surface area contributed by atoms with E-state index in [0.29, 0.717) is 54.5 Å². The summed E-state index contributed by atoms with van der Waals surface area (Å²) >= 11 is 0. The molecule has 10 nitrogen and oxygen atoms in total. The molecule has 236 valence electrons. The predicted molar refractivity (Wildman–Crippen MR) is 160 cm³/mol. The van der Waals surface area contributed by atoms with Crippen molar-refractivity contribution in [3.05, 3.63) is 23.9 Å². The van der Waals surface area contributed by atoms with Gasteiger partial charge < -0.3 is 28.6 Å². The molecule has 1 amide bonds. The summed E-state index contributed by atoms with van der Waals surface area (Å²) in [5.41, 5.74) is 1.72. The maximum absolute atomic E-state index is 14.3. The van der Waals surface area contributed by atoms with Crippen molar-refractivity contribution in [3.8, 4) is 11.6 Å². The highest BCUT2D eigenvalue weighted by Gasteiger charge is 2.55. The first-order chi connectivity index (χ1) is 21.3. The first-order valence-corrected chi connectivity index (χ1v) is 16.3. The van der Waals surface area contributed by atoms with Crippen molar-refractivity contribution in [3.63, 3.8) is 0 Å². The Labute approximate surface area is 258 Å². The number of hydrogen-bond acceptors (Lipinski definition) is 9. The van der Waals surface area contributed by atoms with Gasteiger partial charge in [0.05, 0.1) is 56.3 Å². The van der Waals surface area contributed by atoms with Gasteiger partial charge in [0.1, 0.15) is 29.9 Å². The van der Waals surface area contributed by atoms with Gasteiger partial charge in [0.2, 0.25) is 11.8 Å². The van der Waals surface area contributed by atoms with Crippen LogP contribution in [0.1, 0.15) is 64.5 Å². The number of hydrogen-bond donors (Lipinski definition) is 0. The van der Waals surface area contributed by atoms with Crippen LogP contribution in [-0.4, -0.2) is 78.1 Å². The predicted octanol–water partition coefficient (Wildman–Crippen LogP) is 4.16. The fourth-order valence-corrected chi connectivity index (χ4v) is 8.19. The molecule has 1 aromatic carbocycles. The van der Waals surface area contributed by atoms with Crippen LogP contribution in [0, 0.1) is 35.0 Å². The van der Waals surface area contributed by atoms with Gasteiger partial charge in [-0.2, -0.15) is 0 Å². The summed E-state index contributed by atoms with van der Waals surface area (Å²) in [5, 5.41) is 0. The Morgan fingerprint density at radius 3 is 2.61 bits per heavy atom. The van der Waals surface area contributed by atoms with Gasteiger partial charge in [-0.05, 0) is 62.0 Å². The zero-order valence-corrected chi connectivity index (χ0v) is 25.9. The van der Waals surface area contributed by atoms with Gasteiger partial charge in [0, 0.05) is 17.4 Å². The minimum atomic E-state index is -0.680. The standard InChI is InChI=1S/C34H43N3O7/c1-19-28(16-38)37-15-30(19)44-32-26(35-25-10-9-21(41-3)13-27(25)36-32)8-6-4-5-7-22-23-11-20(23)12-29(22)43-31(39)14-24(33(37)40)34(2)17-42-18-34/h9-10,13,16,19-20,22-24,28-30H,4-8,11-12,14-15,17-18H2,1-3H3/t19-,20?,22+,23?,24+,28+,29+,30-/m0/s1. The van der Waals surface area contributed by atoms with Crippen LogP contribution in [0.3, 0.4) is 0 Å². The smallest absolute Gasteiger partial charge is 0.306 e. The second-order valence-corrected chi connectivity index (χ2v) is 14.1. The number of carbonyl (C=O) groups excluding carboxylic acids is 3. The lowest BCUT2D eigenvalue weighted by molar-refractivity contribution is -0.176. The Morgan fingerprint density at radius 1 is 1.02 bits per heavy atom. The van der Waals surface area contributed by atoms with Gasteiger partial charge in [-0.25, -0.2) is 9.97 Å². The number of methoxy groups -OCH3 is 1. The topological polar surface area (TPSA) is 117 Å². The zero-order valence-electron chi connectivity index (χ0n) is 25.9. The molecule has 2 aliphatic carbocycles. The molecular weight excluding hydrogens is 562 g/mol. The van der Waals surface area contributed by atoms with Crippen LogP contribution in [0.4, 0.5) is 0 Å². The van der Waals surface area contributed by atoms with Gasteiger partial charge in [0.15, 0.2) is 0 Å². The molecule has 2 saturated carbocycles. The largest absolute Gasteiger partial charge is 0.497 e. The molecule has 3 aliphatic heterocycles. The molecule has 0 spiro atoms. The third kappa shape index (κ3) is 5.33. The van der Waals surface area contributed by atoms with Crippen LogP contribution in [0.2, 0.25) is 0 Å². The summed E-state index contributed by atoms with van der Waals surface area (Å²) in [4.78, 5) is 51.6. The lowest BCUT2D eigenvalue weighted by Gasteiger charge is -2.45. The highest BCUT2D eigenvalue weighted by atomic mass is 16.5. The van der Waals surface area contributed by atoms with E-state index in [9.17, 15) is 14.4 Å². The molecule has 10 heteroatoms. The Kier molecular flexibility index (Phi) is 7.75. The monoisotopic (exact) mass is 605 g/mol. The zero-order chi connectivity index (χ0) is 30.6. The molecule has 0 N–H and O–H groups in total. The molecule has 4 heterocycles. The molecule has 7 rings (SSSR count). The van der Waals surface area contributed by atoms with E-state index in [1.165, 1.54) is 6.42 Å². The normalized spacial score (nSPS) is 35.2. The molecule has 5 aliphatic rings. The lowest BCUT2D eigenvalue weighted by atomic mass is 9.72. The first kappa shape index (κ1) is 29.4. The van der Waals surface area contributed by atoms with E-state index >= 15 is 0 Å². The molecule has 0 radical (unpaired) electrons. The van der Waals surface area contributed by atoms with E-state index in [4.69, 9.17) is 28.9 Å². The van der Waals surface area contributed by atoms with Gasteiger partial charge in [0.25, 0.3) is 0 Å². The van der Waals surface area contributed by atoms with E-state index in [1.807, 2.05) is 32.0 Å². The summed E-state index contributed by atoms with van der Waals surface area (Å²) in [5.74, 6) is 1.35. The molecule has 4 fully saturated rings. The van der Waals surface area contributed by atoms with Crippen molar-refractivity contribution in [2.24, 2.45) is 35.0 Å². The molecule has 1 aromatic heterocycles. The number of carbonyl (C=O) groups is 3. The Hall–Kier alpha value is -3.27. The average Bonchev–Trinajstić information content (AvgIpc) is 3.58. The van der Waals surface area contributed by atoms with Gasteiger partial charge in [-0.3, -0.25) is 9.59 Å². The SMILES string of the molecule is COc1ccc2nc3c(nc2c1)O[C@H]1CN(C(=O)[C@H](C2(C)COC2)CC(=O)O[C@@H]2CC4CC4[C@H]2CCCCC3)[C@H](C=O)[C@@H]1C. The van der Waals surface area contributed by atoms with Crippen LogP contribution in [0.15, 0.2) is 18.2 Å². The van der Waals surface area contributed by atoms with Crippen molar-refractivity contribution < 1.29 is 33.3 Å². The van der Waals surface area contributed by atoms with Gasteiger partial charge >= 0.3 is 5.97 Å². The number of benzene rings is 1. The first-order valence-electron chi connectivity index (χ1n) is 16.3. The molecule has 44 heavy (non-hydrogen) atoms. The minimum absolute atomic E-state index is 0.0125. The van der Waals surface area contributed by atoms with E-state index in [2.05, 4.69) is 0 Å². The number of aldehydes is 1. The summed E-state index contributed by atoms with van der Waals surface area (Å²) in [6.07, 6.45) is 7.20. The summed E-state index contributed by atoms with van der Waals surface area (Å²) in [7, 11) is 1.62. The summed E-state index contributed by atoms with van der Waals surface area (Å²) in [6, 6.07) is 4.95. The van der Waals surface area contributed by atoms with Gasteiger partial charge in [-0.15, -0.1) is 0 Å². The van der Waals surface area contributed by atoms with Crippen molar-refractivity contribution in [1.82, 2.24) is 14.9 Å². The molecular formula is C34H43N3O7. The fourth-order valence-electron chi connectivity index (χ4n) is 8.19. The molecule has 8 atom stereocenters. The third-order valence-corrected chi connectivity index (χ3v) is 11.1. The highest BCUT2D eigenvalue weighted by molar-refractivity contribution is 5.87. The van der Waals surface area contributed by atoms with E-state index < -0.39 is 23.5 Å². The fraction of sp³-hybridized carbons (Fsp3) is 0.676. The number of ether oxygens (including phenoxy) is 4. The van der Waals surface area contributed by atoms with Crippen molar-refractivity contribution in [2.45, 2.75) is 83.5 Å². The van der Waals surface area contributed by atoms with Crippen LogP contribution in [0.5, 0.6) is 11.6 Å². The summed E-state index contributed by atoms with van der Waals surface area (Å²) < 4.78 is 23.7. The Bertz CT molecular complexity index is 1440. The Morgan fingerprint density at radius 2 is 1.86 bits per heavy atom. The second-order valence-electron chi connectivity index (χ2n) is 14.1. The molecule has 2 aromatic rings. The number of rotatable bonds is 3.